The number of aliphatic carboxylic acids is 1. The molecule has 1 N–H and O–H groups in total. The SMILES string of the molecule is CO[C@H](c1cc(COc2ccc3c(c2)[C@]2(CCC3)CC2C(=O)O)ccc1-c1cnn(C)c1)C(C)(C)C. The van der Waals surface area contributed by atoms with Crippen molar-refractivity contribution in [3.63, 3.8) is 0 Å². The number of methoxy groups -OCH3 is 1. The normalized spacial score (nSPS) is 21.8. The molecule has 0 aliphatic heterocycles. The molecule has 0 radical (unpaired) electrons. The molecule has 1 spiro atoms. The van der Waals surface area contributed by atoms with E-state index in [0.717, 1.165) is 53.7 Å². The lowest BCUT2D eigenvalue weighted by atomic mass is 9.78. The number of nitrogens with zero attached hydrogens (tertiary/aromatic N) is 2. The second kappa shape index (κ2) is 9.07. The average Bonchev–Trinajstić information content (AvgIpc) is 3.39. The number of carbonyl (C=O) groups is 1. The number of aryl methyl sites for hydroxylation is 2. The van der Waals surface area contributed by atoms with Gasteiger partial charge in [-0.15, -0.1) is 0 Å². The zero-order valence-electron chi connectivity index (χ0n) is 21.9. The van der Waals surface area contributed by atoms with Gasteiger partial charge in [-0.1, -0.05) is 39.0 Å². The van der Waals surface area contributed by atoms with Gasteiger partial charge in [0.15, 0.2) is 0 Å². The van der Waals surface area contributed by atoms with E-state index in [2.05, 4.69) is 56.2 Å². The Kier molecular flexibility index (Phi) is 6.19. The fourth-order valence-electron chi connectivity index (χ4n) is 6.11. The molecule has 3 atom stereocenters. The fourth-order valence-corrected chi connectivity index (χ4v) is 6.11. The summed E-state index contributed by atoms with van der Waals surface area (Å²) in [5, 5.41) is 14.0. The van der Waals surface area contributed by atoms with Crippen LogP contribution in [-0.2, 0) is 35.0 Å². The monoisotopic (exact) mass is 488 g/mol. The van der Waals surface area contributed by atoms with Gasteiger partial charge in [-0.2, -0.15) is 5.10 Å². The van der Waals surface area contributed by atoms with Gasteiger partial charge in [-0.05, 0) is 77.1 Å². The molecular formula is C30H36N2O4. The van der Waals surface area contributed by atoms with E-state index in [4.69, 9.17) is 9.47 Å². The highest BCUT2D eigenvalue weighted by Gasteiger charge is 2.60. The van der Waals surface area contributed by atoms with E-state index in [-0.39, 0.29) is 22.9 Å². The van der Waals surface area contributed by atoms with Crippen LogP contribution in [0.5, 0.6) is 5.75 Å². The highest BCUT2D eigenvalue weighted by molar-refractivity contribution is 5.78. The lowest BCUT2D eigenvalue weighted by Gasteiger charge is -2.31. The Hall–Kier alpha value is -3.12. The maximum Gasteiger partial charge on any atom is 0.307 e. The van der Waals surface area contributed by atoms with Gasteiger partial charge < -0.3 is 14.6 Å². The summed E-state index contributed by atoms with van der Waals surface area (Å²) in [5.41, 5.74) is 6.50. The van der Waals surface area contributed by atoms with Gasteiger partial charge in [0.1, 0.15) is 12.4 Å². The number of hydrogen-bond donors (Lipinski definition) is 1. The van der Waals surface area contributed by atoms with Crippen LogP contribution in [0.25, 0.3) is 11.1 Å². The van der Waals surface area contributed by atoms with Crippen molar-refractivity contribution in [3.05, 3.63) is 71.0 Å². The van der Waals surface area contributed by atoms with Crippen molar-refractivity contribution >= 4 is 5.97 Å². The molecule has 1 fully saturated rings. The summed E-state index contributed by atoms with van der Waals surface area (Å²) in [6, 6.07) is 12.7. The third-order valence-electron chi connectivity index (χ3n) is 7.90. The van der Waals surface area contributed by atoms with Crippen LogP contribution >= 0.6 is 0 Å². The molecular weight excluding hydrogens is 452 g/mol. The number of ether oxygens (including phenoxy) is 2. The number of benzene rings is 2. The summed E-state index contributed by atoms with van der Waals surface area (Å²) < 4.78 is 14.1. The maximum absolute atomic E-state index is 11.7. The summed E-state index contributed by atoms with van der Waals surface area (Å²) in [6.07, 6.45) is 7.56. The summed E-state index contributed by atoms with van der Waals surface area (Å²) >= 11 is 0. The standard InChI is InChI=1S/C30H36N2O4/c1-29(2,3)27(35-5)24-13-19(8-11-23(24)21-16-31-32(4)17-21)18-36-22-10-9-20-7-6-12-30(25(20)14-22)15-26(30)28(33)34/h8-11,13-14,16-17,26-27H,6-7,12,15,18H2,1-5H3,(H,33,34)/t26?,27-,30+/m1/s1. The molecule has 0 saturated heterocycles. The van der Waals surface area contributed by atoms with Gasteiger partial charge in [-0.25, -0.2) is 0 Å². The van der Waals surface area contributed by atoms with Crippen molar-refractivity contribution in [1.82, 2.24) is 9.78 Å². The van der Waals surface area contributed by atoms with Crippen LogP contribution in [0.3, 0.4) is 0 Å². The van der Waals surface area contributed by atoms with E-state index in [0.29, 0.717) is 6.61 Å². The van der Waals surface area contributed by atoms with E-state index in [1.165, 1.54) is 11.1 Å². The quantitative estimate of drug-likeness (QED) is 0.436. The zero-order chi connectivity index (χ0) is 25.7. The van der Waals surface area contributed by atoms with E-state index in [1.807, 2.05) is 30.2 Å². The minimum absolute atomic E-state index is 0.0943. The Balaban J connectivity index is 1.42. The third kappa shape index (κ3) is 4.43. The predicted octanol–water partition coefficient (Wildman–Crippen LogP) is 6.08. The minimum Gasteiger partial charge on any atom is -0.489 e. The molecule has 0 amide bonds. The Morgan fingerprint density at radius 2 is 2.06 bits per heavy atom. The number of aromatic nitrogens is 2. The second-order valence-corrected chi connectivity index (χ2v) is 11.5. The van der Waals surface area contributed by atoms with Crippen LogP contribution in [-0.4, -0.2) is 28.0 Å². The molecule has 5 rings (SSSR count). The lowest BCUT2D eigenvalue weighted by molar-refractivity contribution is -0.139. The number of hydrogen-bond acceptors (Lipinski definition) is 4. The fraction of sp³-hybridized carbons (Fsp3) is 0.467. The Labute approximate surface area is 213 Å². The molecule has 2 aliphatic carbocycles. The molecule has 1 heterocycles. The van der Waals surface area contributed by atoms with Crippen LogP contribution in [0.2, 0.25) is 0 Å². The third-order valence-corrected chi connectivity index (χ3v) is 7.90. The minimum atomic E-state index is -0.679. The smallest absolute Gasteiger partial charge is 0.307 e. The van der Waals surface area contributed by atoms with Gasteiger partial charge in [0, 0.05) is 31.3 Å². The van der Waals surface area contributed by atoms with Crippen molar-refractivity contribution in [2.75, 3.05) is 7.11 Å². The van der Waals surface area contributed by atoms with Gasteiger partial charge in [0.05, 0.1) is 18.2 Å². The molecule has 0 bridgehead atoms. The molecule has 2 aromatic carbocycles. The first-order chi connectivity index (χ1) is 17.1. The molecule has 6 nitrogen and oxygen atoms in total. The van der Waals surface area contributed by atoms with Crippen LogP contribution in [0.15, 0.2) is 48.8 Å². The number of rotatable bonds is 7. The Bertz CT molecular complexity index is 1290. The second-order valence-electron chi connectivity index (χ2n) is 11.5. The van der Waals surface area contributed by atoms with Crippen molar-refractivity contribution in [1.29, 1.82) is 0 Å². The van der Waals surface area contributed by atoms with Gasteiger partial charge in [-0.3, -0.25) is 9.48 Å². The number of carboxylic acid groups (broad SMARTS) is 1. The van der Waals surface area contributed by atoms with Gasteiger partial charge >= 0.3 is 5.97 Å². The van der Waals surface area contributed by atoms with Crippen LogP contribution in [0, 0.1) is 11.3 Å². The van der Waals surface area contributed by atoms with E-state index < -0.39 is 5.97 Å². The van der Waals surface area contributed by atoms with E-state index in [9.17, 15) is 9.90 Å². The van der Waals surface area contributed by atoms with Crippen molar-refractivity contribution in [2.24, 2.45) is 18.4 Å². The van der Waals surface area contributed by atoms with Crippen LogP contribution in [0.1, 0.15) is 68.4 Å². The number of fused-ring (bicyclic) bond motifs is 2. The summed E-state index contributed by atoms with van der Waals surface area (Å²) in [6.45, 7) is 6.97. The highest BCUT2D eigenvalue weighted by Crippen LogP contribution is 2.60. The van der Waals surface area contributed by atoms with Gasteiger partial charge in [0.2, 0.25) is 0 Å². The molecule has 36 heavy (non-hydrogen) atoms. The lowest BCUT2D eigenvalue weighted by Crippen LogP contribution is -2.21. The molecule has 190 valence electrons. The number of carboxylic acids is 1. The van der Waals surface area contributed by atoms with Crippen LogP contribution < -0.4 is 4.74 Å². The zero-order valence-corrected chi connectivity index (χ0v) is 21.9. The van der Waals surface area contributed by atoms with Crippen LogP contribution in [0.4, 0.5) is 0 Å². The Morgan fingerprint density at radius 1 is 1.25 bits per heavy atom. The largest absolute Gasteiger partial charge is 0.489 e. The molecule has 1 unspecified atom stereocenters. The Morgan fingerprint density at radius 3 is 2.69 bits per heavy atom. The summed E-state index contributed by atoms with van der Waals surface area (Å²) in [7, 11) is 3.68. The van der Waals surface area contributed by atoms with Gasteiger partial charge in [0.25, 0.3) is 0 Å². The molecule has 6 heteroatoms. The van der Waals surface area contributed by atoms with Crippen molar-refractivity contribution in [2.45, 2.75) is 64.6 Å². The first kappa shape index (κ1) is 24.6. The molecule has 3 aromatic rings. The molecule has 1 aromatic heterocycles. The topological polar surface area (TPSA) is 73.6 Å². The first-order valence-corrected chi connectivity index (χ1v) is 12.8. The average molecular weight is 489 g/mol. The van der Waals surface area contributed by atoms with Crippen molar-refractivity contribution < 1.29 is 19.4 Å². The maximum atomic E-state index is 11.7. The predicted molar refractivity (Wildman–Crippen MR) is 139 cm³/mol. The molecule has 2 aliphatic rings. The molecule has 1 saturated carbocycles. The van der Waals surface area contributed by atoms with Crippen molar-refractivity contribution in [3.8, 4) is 16.9 Å². The summed E-state index contributed by atoms with van der Waals surface area (Å²) in [5.74, 6) is -0.150. The highest BCUT2D eigenvalue weighted by atomic mass is 16.5. The van der Waals surface area contributed by atoms with E-state index in [1.54, 1.807) is 7.11 Å². The summed E-state index contributed by atoms with van der Waals surface area (Å²) in [4.78, 5) is 11.7. The van der Waals surface area contributed by atoms with E-state index >= 15 is 0 Å². The first-order valence-electron chi connectivity index (χ1n) is 12.8.